The van der Waals surface area contributed by atoms with Crippen LogP contribution < -0.4 is 62.4 Å². The van der Waals surface area contributed by atoms with E-state index >= 15 is 0 Å². The Balaban J connectivity index is 0.00000261. The van der Waals surface area contributed by atoms with Crippen LogP contribution in [0.5, 0.6) is 0 Å². The van der Waals surface area contributed by atoms with E-state index in [0.717, 1.165) is 16.2 Å². The van der Waals surface area contributed by atoms with Gasteiger partial charge in [-0.3, -0.25) is 14.5 Å². The quantitative estimate of drug-likeness (QED) is 0.114. The van der Waals surface area contributed by atoms with Crippen molar-refractivity contribution in [1.82, 2.24) is 15.2 Å². The summed E-state index contributed by atoms with van der Waals surface area (Å²) in [5, 5.41) is 24.9. The molecule has 2 aliphatic heterocycles. The molecule has 0 bridgehead atoms. The molecule has 3 rings (SSSR count). The van der Waals surface area contributed by atoms with Crippen LogP contribution in [0.1, 0.15) is 7.12 Å². The largest absolute Gasteiger partial charge is 1.00 e. The van der Waals surface area contributed by atoms with Crippen molar-refractivity contribution in [3.63, 3.8) is 0 Å². The smallest absolute Gasteiger partial charge is 1.00 e. The van der Waals surface area contributed by atoms with Crippen LogP contribution >= 0.6 is 23.1 Å². The number of carboxylic acids is 1. The van der Waals surface area contributed by atoms with Crippen LogP contribution in [0.4, 0.5) is 5.13 Å². The summed E-state index contributed by atoms with van der Waals surface area (Å²) in [6, 6.07) is -0.944. The van der Waals surface area contributed by atoms with E-state index < -0.39 is 29.2 Å². The third-order valence-electron chi connectivity index (χ3n) is 3.81. The molecular formula is C14H16KN5O6S2. The number of nitrogen functional groups attached to an aromatic ring is 1. The molecule has 14 heteroatoms. The summed E-state index contributed by atoms with van der Waals surface area (Å²) in [6.45, 7) is 3.56. The molecule has 11 nitrogen and oxygen atoms in total. The zero-order valence-electron chi connectivity index (χ0n) is 15.6. The second-order valence-corrected chi connectivity index (χ2v) is 7.26. The SMILES string of the molecule is C=CC1=C(C(=O)O)N2C(=O)[C@@H](NC(=O)/C(=N\O)c3csc(N)n3)[C@H]2SC1.O.[H-].[K+]. The number of carboxylic acid groups (broad SMARTS) is 1. The molecule has 0 radical (unpaired) electrons. The number of thiazole rings is 1. The number of rotatable bonds is 5. The minimum atomic E-state index is -1.24. The van der Waals surface area contributed by atoms with Crippen LogP contribution in [-0.2, 0) is 14.4 Å². The maximum Gasteiger partial charge on any atom is 1.00 e. The Kier molecular flexibility index (Phi) is 8.82. The number of hydrogen-bond acceptors (Lipinski definition) is 9. The number of hydrogen-bond donors (Lipinski definition) is 4. The van der Waals surface area contributed by atoms with Gasteiger partial charge in [0.25, 0.3) is 11.8 Å². The van der Waals surface area contributed by atoms with Gasteiger partial charge in [0.15, 0.2) is 10.8 Å². The number of aromatic nitrogens is 1. The van der Waals surface area contributed by atoms with Crippen molar-refractivity contribution in [2.75, 3.05) is 11.5 Å². The number of thioether (sulfide) groups is 1. The average Bonchev–Trinajstić information content (AvgIpc) is 3.04. The number of carbonyl (C=O) groups excluding carboxylic acids is 2. The minimum Gasteiger partial charge on any atom is -1.00 e. The number of fused-ring (bicyclic) bond motifs is 1. The first-order valence-corrected chi connectivity index (χ1v) is 9.09. The van der Waals surface area contributed by atoms with Gasteiger partial charge in [0.1, 0.15) is 22.8 Å². The number of nitrogens with two attached hydrogens (primary N) is 1. The van der Waals surface area contributed by atoms with Gasteiger partial charge in [-0.1, -0.05) is 17.8 Å². The molecule has 1 saturated heterocycles. The molecule has 28 heavy (non-hydrogen) atoms. The summed E-state index contributed by atoms with van der Waals surface area (Å²) in [4.78, 5) is 41.2. The maximum absolute atomic E-state index is 12.4. The number of aliphatic carboxylic acids is 1. The van der Waals surface area contributed by atoms with Crippen LogP contribution in [0.2, 0.25) is 0 Å². The Morgan fingerprint density at radius 3 is 2.71 bits per heavy atom. The van der Waals surface area contributed by atoms with E-state index in [-0.39, 0.29) is 80.5 Å². The fourth-order valence-corrected chi connectivity index (χ4v) is 4.51. The Morgan fingerprint density at radius 1 is 1.54 bits per heavy atom. The molecule has 0 aromatic carbocycles. The van der Waals surface area contributed by atoms with Crippen molar-refractivity contribution in [2.24, 2.45) is 5.16 Å². The molecule has 7 N–H and O–H groups in total. The summed E-state index contributed by atoms with van der Waals surface area (Å²) < 4.78 is 0. The molecule has 1 aromatic rings. The third-order valence-corrected chi connectivity index (χ3v) is 5.79. The Morgan fingerprint density at radius 2 is 2.21 bits per heavy atom. The van der Waals surface area contributed by atoms with E-state index in [9.17, 15) is 19.5 Å². The molecular weight excluding hydrogens is 437 g/mol. The number of nitrogens with zero attached hydrogens (tertiary/aromatic N) is 3. The molecule has 2 amide bonds. The standard InChI is InChI=1S/C14H13N5O5S2.K.H2O.H/c1-2-5-3-25-12-8(11(21)19(12)9(5)13(22)23)17-10(20)7(18-24)6-4-26-14(15)16-6;;;/h2,4,8,12,24H,1,3H2,(H2,15,16)(H,17,20)(H,22,23);;1H2;/q;+1;;-1/b18-7-;;;/t8-,12-;;;/m1.../s1. The zero-order chi connectivity index (χ0) is 19.0. The predicted octanol–water partition coefficient (Wildman–Crippen LogP) is -3.88. The van der Waals surface area contributed by atoms with Gasteiger partial charge in [-0.05, 0) is 5.57 Å². The maximum atomic E-state index is 12.4. The molecule has 1 fully saturated rings. The Hall–Kier alpha value is -1.26. The number of oxime groups is 1. The summed E-state index contributed by atoms with van der Waals surface area (Å²) in [6.07, 6.45) is 1.40. The van der Waals surface area contributed by atoms with E-state index in [1.165, 1.54) is 23.2 Å². The summed E-state index contributed by atoms with van der Waals surface area (Å²) in [7, 11) is 0. The number of carbonyl (C=O) groups is 3. The molecule has 146 valence electrons. The van der Waals surface area contributed by atoms with Crippen molar-refractivity contribution in [1.29, 1.82) is 0 Å². The molecule has 0 spiro atoms. The van der Waals surface area contributed by atoms with Gasteiger partial charge in [0.05, 0.1) is 0 Å². The average molecular weight is 454 g/mol. The van der Waals surface area contributed by atoms with E-state index in [1.807, 2.05) is 0 Å². The van der Waals surface area contributed by atoms with Crippen LogP contribution in [-0.4, -0.2) is 66.3 Å². The van der Waals surface area contributed by atoms with Crippen molar-refractivity contribution in [2.45, 2.75) is 11.4 Å². The van der Waals surface area contributed by atoms with Gasteiger partial charge in [-0.25, -0.2) is 9.78 Å². The second kappa shape index (κ2) is 9.97. The molecule has 0 unspecified atom stereocenters. The predicted molar refractivity (Wildman–Crippen MR) is 99.5 cm³/mol. The first kappa shape index (κ1) is 24.8. The van der Waals surface area contributed by atoms with E-state index in [1.54, 1.807) is 0 Å². The molecule has 0 saturated carbocycles. The monoisotopic (exact) mass is 453 g/mol. The number of β-lactam (4-membered cyclic amide) rings is 1. The molecule has 2 aliphatic rings. The summed E-state index contributed by atoms with van der Waals surface area (Å²) in [5.41, 5.74) is 5.49. The fourth-order valence-electron chi connectivity index (χ4n) is 2.62. The normalized spacial score (nSPS) is 20.9. The number of anilines is 1. The number of nitrogens with one attached hydrogen (secondary N) is 1. The fraction of sp³-hybridized carbons (Fsp3) is 0.214. The van der Waals surface area contributed by atoms with Crippen molar-refractivity contribution in [3.8, 4) is 0 Å². The third kappa shape index (κ3) is 4.33. The van der Waals surface area contributed by atoms with Crippen LogP contribution in [0.3, 0.4) is 0 Å². The second-order valence-electron chi connectivity index (χ2n) is 5.26. The molecule has 2 atom stereocenters. The summed E-state index contributed by atoms with van der Waals surface area (Å²) >= 11 is 2.37. The van der Waals surface area contributed by atoms with Gasteiger partial charge >= 0.3 is 57.4 Å². The first-order valence-electron chi connectivity index (χ1n) is 7.16. The van der Waals surface area contributed by atoms with Gasteiger partial charge in [0, 0.05) is 11.1 Å². The van der Waals surface area contributed by atoms with E-state index in [0.29, 0.717) is 11.3 Å². The van der Waals surface area contributed by atoms with Crippen LogP contribution in [0.15, 0.2) is 34.5 Å². The summed E-state index contributed by atoms with van der Waals surface area (Å²) in [5.74, 6) is -2.27. The number of allylic oxidation sites excluding steroid dienone is 1. The van der Waals surface area contributed by atoms with Crippen molar-refractivity contribution < 1.29 is 83.0 Å². The zero-order valence-corrected chi connectivity index (χ0v) is 19.3. The first-order chi connectivity index (χ1) is 12.4. The topological polar surface area (TPSA) is 190 Å². The van der Waals surface area contributed by atoms with Crippen LogP contribution in [0, 0.1) is 0 Å². The van der Waals surface area contributed by atoms with Gasteiger partial charge in [0.2, 0.25) is 0 Å². The Labute approximate surface area is 210 Å². The van der Waals surface area contributed by atoms with Crippen LogP contribution in [0.25, 0.3) is 0 Å². The molecule has 3 heterocycles. The number of amides is 2. The minimum absolute atomic E-state index is 0. The van der Waals surface area contributed by atoms with Gasteiger partial charge in [-0.15, -0.1) is 23.1 Å². The van der Waals surface area contributed by atoms with E-state index in [4.69, 9.17) is 10.9 Å². The molecule has 0 aliphatic carbocycles. The van der Waals surface area contributed by atoms with Gasteiger partial charge in [-0.2, -0.15) is 0 Å². The van der Waals surface area contributed by atoms with Gasteiger partial charge < -0.3 is 28.3 Å². The molecule has 1 aromatic heterocycles. The van der Waals surface area contributed by atoms with Crippen molar-refractivity contribution in [3.05, 3.63) is 35.0 Å². The Bertz CT molecular complexity index is 892. The van der Waals surface area contributed by atoms with Crippen molar-refractivity contribution >= 4 is 51.7 Å². The van der Waals surface area contributed by atoms with E-state index in [2.05, 4.69) is 22.0 Å².